The van der Waals surface area contributed by atoms with Crippen molar-refractivity contribution in [1.29, 1.82) is 0 Å². The van der Waals surface area contributed by atoms with Gasteiger partial charge in [0.15, 0.2) is 0 Å². The lowest BCUT2D eigenvalue weighted by atomic mass is 9.84. The van der Waals surface area contributed by atoms with Crippen LogP contribution in [0.25, 0.3) is 0 Å². The first-order chi connectivity index (χ1) is 7.34. The molecule has 4 heteroatoms. The summed E-state index contributed by atoms with van der Waals surface area (Å²) in [6, 6.07) is 0. The third kappa shape index (κ3) is 1.35. The van der Waals surface area contributed by atoms with Crippen LogP contribution in [-0.2, 0) is 9.59 Å². The summed E-state index contributed by atoms with van der Waals surface area (Å²) in [6.45, 7) is 7.97. The first-order valence-corrected chi connectivity index (χ1v) is 5.98. The molecule has 0 aromatic heterocycles. The van der Waals surface area contributed by atoms with Gasteiger partial charge in [-0.05, 0) is 46.5 Å². The van der Waals surface area contributed by atoms with Crippen LogP contribution in [0.15, 0.2) is 0 Å². The Hall–Kier alpha value is -1.06. The maximum absolute atomic E-state index is 12.3. The van der Waals surface area contributed by atoms with Crippen molar-refractivity contribution in [3.63, 3.8) is 0 Å². The minimum atomic E-state index is -0.762. The number of carbonyl (C=O) groups excluding carboxylic acids is 2. The van der Waals surface area contributed by atoms with Crippen LogP contribution in [0.4, 0.5) is 0 Å². The zero-order valence-electron chi connectivity index (χ0n) is 10.5. The minimum Gasteiger partial charge on any atom is -0.340 e. The molecule has 0 radical (unpaired) electrons. The van der Waals surface area contributed by atoms with Crippen LogP contribution in [0, 0.1) is 5.92 Å². The van der Waals surface area contributed by atoms with E-state index in [0.29, 0.717) is 12.5 Å². The summed E-state index contributed by atoms with van der Waals surface area (Å²) < 4.78 is 0. The van der Waals surface area contributed by atoms with Gasteiger partial charge in [-0.3, -0.25) is 9.59 Å². The molecule has 2 fully saturated rings. The number of nitrogens with one attached hydrogen (secondary N) is 1. The van der Waals surface area contributed by atoms with Crippen molar-refractivity contribution in [3.05, 3.63) is 0 Å². The first kappa shape index (κ1) is 11.4. The SMILES string of the molecule is CCN1C(=O)C(C)(C)NC(=O)C1(C)C1CC1. The molecule has 2 aliphatic rings. The van der Waals surface area contributed by atoms with Crippen LogP contribution in [0.1, 0.15) is 40.5 Å². The Morgan fingerprint density at radius 3 is 2.31 bits per heavy atom. The van der Waals surface area contributed by atoms with Gasteiger partial charge in [-0.1, -0.05) is 0 Å². The molecule has 2 amide bonds. The highest BCUT2D eigenvalue weighted by Crippen LogP contribution is 2.45. The monoisotopic (exact) mass is 224 g/mol. The molecular weight excluding hydrogens is 204 g/mol. The molecule has 1 N–H and O–H groups in total. The largest absolute Gasteiger partial charge is 0.340 e. The van der Waals surface area contributed by atoms with E-state index in [1.807, 2.05) is 13.8 Å². The van der Waals surface area contributed by atoms with Crippen molar-refractivity contribution in [2.24, 2.45) is 5.92 Å². The lowest BCUT2D eigenvalue weighted by molar-refractivity contribution is -0.161. The minimum absolute atomic E-state index is 0.00134. The second-order valence-corrected chi connectivity index (χ2v) is 5.55. The lowest BCUT2D eigenvalue weighted by Crippen LogP contribution is -2.73. The highest BCUT2D eigenvalue weighted by atomic mass is 16.2. The summed E-state index contributed by atoms with van der Waals surface area (Å²) in [5, 5.41) is 2.85. The predicted octanol–water partition coefficient (Wildman–Crippen LogP) is 0.912. The van der Waals surface area contributed by atoms with Gasteiger partial charge in [-0.15, -0.1) is 0 Å². The zero-order chi connectivity index (χ0) is 12.1. The summed E-state index contributed by atoms with van der Waals surface area (Å²) in [6.07, 6.45) is 2.10. The molecule has 2 rings (SSSR count). The first-order valence-electron chi connectivity index (χ1n) is 5.98. The Morgan fingerprint density at radius 2 is 1.88 bits per heavy atom. The third-order valence-electron chi connectivity index (χ3n) is 3.91. The maximum Gasteiger partial charge on any atom is 0.248 e. The van der Waals surface area contributed by atoms with Crippen LogP contribution < -0.4 is 5.32 Å². The van der Waals surface area contributed by atoms with Gasteiger partial charge < -0.3 is 10.2 Å². The number of nitrogens with zero attached hydrogens (tertiary/aromatic N) is 1. The van der Waals surface area contributed by atoms with E-state index in [1.165, 1.54) is 0 Å². The molecule has 90 valence electrons. The molecule has 1 atom stereocenters. The van der Waals surface area contributed by atoms with Crippen LogP contribution in [0.2, 0.25) is 0 Å². The van der Waals surface area contributed by atoms with Crippen LogP contribution in [0.5, 0.6) is 0 Å². The lowest BCUT2D eigenvalue weighted by Gasteiger charge is -2.49. The Labute approximate surface area is 96.4 Å². The molecule has 16 heavy (non-hydrogen) atoms. The van der Waals surface area contributed by atoms with E-state index >= 15 is 0 Å². The number of amides is 2. The molecule has 0 spiro atoms. The molecule has 0 aromatic carbocycles. The zero-order valence-corrected chi connectivity index (χ0v) is 10.5. The van der Waals surface area contributed by atoms with Crippen LogP contribution in [-0.4, -0.2) is 34.3 Å². The number of hydrogen-bond donors (Lipinski definition) is 1. The maximum atomic E-state index is 12.3. The molecular formula is C12H20N2O2. The molecule has 0 bridgehead atoms. The van der Waals surface area contributed by atoms with E-state index in [9.17, 15) is 9.59 Å². The second-order valence-electron chi connectivity index (χ2n) is 5.55. The Bertz CT molecular complexity index is 347. The molecule has 1 unspecified atom stereocenters. The number of rotatable bonds is 2. The Kier molecular flexibility index (Phi) is 2.30. The molecule has 0 aromatic rings. The molecule has 1 aliphatic carbocycles. The fourth-order valence-electron chi connectivity index (χ4n) is 2.66. The van der Waals surface area contributed by atoms with E-state index in [0.717, 1.165) is 12.8 Å². The van der Waals surface area contributed by atoms with E-state index < -0.39 is 11.1 Å². The van der Waals surface area contributed by atoms with Gasteiger partial charge in [0.1, 0.15) is 11.1 Å². The van der Waals surface area contributed by atoms with Crippen LogP contribution >= 0.6 is 0 Å². The second kappa shape index (κ2) is 3.22. The highest BCUT2D eigenvalue weighted by molar-refractivity contribution is 6.02. The van der Waals surface area contributed by atoms with Gasteiger partial charge in [0.25, 0.3) is 0 Å². The summed E-state index contributed by atoms with van der Waals surface area (Å²) in [7, 11) is 0. The van der Waals surface area contributed by atoms with Gasteiger partial charge in [0, 0.05) is 6.54 Å². The van der Waals surface area contributed by atoms with Crippen molar-refractivity contribution in [3.8, 4) is 0 Å². The third-order valence-corrected chi connectivity index (χ3v) is 3.91. The summed E-state index contributed by atoms with van der Waals surface area (Å²) in [5.74, 6) is 0.373. The number of likely N-dealkylation sites (N-methyl/N-ethyl adjacent to an activating group) is 1. The quantitative estimate of drug-likeness (QED) is 0.758. The van der Waals surface area contributed by atoms with E-state index in [4.69, 9.17) is 0 Å². The summed E-state index contributed by atoms with van der Waals surface area (Å²) >= 11 is 0. The number of piperazine rings is 1. The van der Waals surface area contributed by atoms with E-state index in [-0.39, 0.29) is 11.8 Å². The van der Waals surface area contributed by atoms with Gasteiger partial charge in [-0.2, -0.15) is 0 Å². The van der Waals surface area contributed by atoms with Crippen molar-refractivity contribution in [2.75, 3.05) is 6.54 Å². The van der Waals surface area contributed by atoms with Gasteiger partial charge in [0.05, 0.1) is 0 Å². The van der Waals surface area contributed by atoms with Gasteiger partial charge in [-0.25, -0.2) is 0 Å². The standard InChI is InChI=1S/C12H20N2O2/c1-5-14-10(16)11(2,3)13-9(15)12(14,4)8-6-7-8/h8H,5-7H2,1-4H3,(H,13,15). The van der Waals surface area contributed by atoms with E-state index in [2.05, 4.69) is 5.32 Å². The van der Waals surface area contributed by atoms with Gasteiger partial charge in [0.2, 0.25) is 11.8 Å². The highest BCUT2D eigenvalue weighted by Gasteiger charge is 2.58. The summed E-state index contributed by atoms with van der Waals surface area (Å²) in [4.78, 5) is 26.3. The molecule has 1 heterocycles. The van der Waals surface area contributed by atoms with Crippen molar-refractivity contribution in [1.82, 2.24) is 10.2 Å². The molecule has 1 saturated heterocycles. The fraction of sp³-hybridized carbons (Fsp3) is 0.833. The van der Waals surface area contributed by atoms with Crippen molar-refractivity contribution in [2.45, 2.75) is 51.6 Å². The Morgan fingerprint density at radius 1 is 1.31 bits per heavy atom. The van der Waals surface area contributed by atoms with Gasteiger partial charge >= 0.3 is 0 Å². The predicted molar refractivity (Wildman–Crippen MR) is 60.7 cm³/mol. The number of hydrogen-bond acceptors (Lipinski definition) is 2. The van der Waals surface area contributed by atoms with Crippen LogP contribution in [0.3, 0.4) is 0 Å². The fourth-order valence-corrected chi connectivity index (χ4v) is 2.66. The normalized spacial score (nSPS) is 33.9. The van der Waals surface area contributed by atoms with E-state index in [1.54, 1.807) is 18.7 Å². The molecule has 1 aliphatic heterocycles. The topological polar surface area (TPSA) is 49.4 Å². The Balaban J connectivity index is 2.39. The van der Waals surface area contributed by atoms with Crippen molar-refractivity contribution < 1.29 is 9.59 Å². The summed E-state index contributed by atoms with van der Waals surface area (Å²) in [5.41, 5.74) is -1.39. The smallest absolute Gasteiger partial charge is 0.248 e. The van der Waals surface area contributed by atoms with Crippen molar-refractivity contribution >= 4 is 11.8 Å². The average Bonchev–Trinajstić information content (AvgIpc) is 2.98. The molecule has 1 saturated carbocycles. The molecule has 4 nitrogen and oxygen atoms in total. The average molecular weight is 224 g/mol. The number of carbonyl (C=O) groups is 2.